The molecule has 142 valence electrons. The van der Waals surface area contributed by atoms with Crippen molar-refractivity contribution < 1.29 is 23.1 Å². The molecule has 0 atom stereocenters. The Balaban J connectivity index is 1.63. The van der Waals surface area contributed by atoms with Gasteiger partial charge in [-0.25, -0.2) is 13.8 Å². The number of nitrogens with one attached hydrogen (secondary N) is 1. The molecule has 0 fully saturated rings. The van der Waals surface area contributed by atoms with Gasteiger partial charge in [0.2, 0.25) is 5.91 Å². The van der Waals surface area contributed by atoms with E-state index in [4.69, 9.17) is 4.74 Å². The molecule has 3 aromatic rings. The van der Waals surface area contributed by atoms with E-state index in [0.29, 0.717) is 10.8 Å². The first-order chi connectivity index (χ1) is 13.5. The highest BCUT2D eigenvalue weighted by atomic mass is 32.1. The molecule has 0 aliphatic heterocycles. The molecule has 0 aliphatic rings. The van der Waals surface area contributed by atoms with Crippen molar-refractivity contribution in [3.8, 4) is 17.0 Å². The van der Waals surface area contributed by atoms with Gasteiger partial charge in [0.25, 0.3) is 0 Å². The van der Waals surface area contributed by atoms with Crippen molar-refractivity contribution in [1.82, 2.24) is 4.98 Å². The molecule has 1 N–H and O–H groups in total. The van der Waals surface area contributed by atoms with Crippen molar-refractivity contribution in [2.24, 2.45) is 0 Å². The number of anilines is 1. The van der Waals surface area contributed by atoms with Crippen molar-refractivity contribution in [3.63, 3.8) is 0 Å². The number of halogens is 2. The zero-order valence-electron chi connectivity index (χ0n) is 14.6. The number of nitrogens with zero attached hydrogens (tertiary/aromatic N) is 1. The second-order valence-corrected chi connectivity index (χ2v) is 6.44. The number of allylic oxidation sites excluding steroid dienone is 1. The van der Waals surface area contributed by atoms with E-state index in [1.54, 1.807) is 24.6 Å². The summed E-state index contributed by atoms with van der Waals surface area (Å²) in [7, 11) is 1.58. The van der Waals surface area contributed by atoms with E-state index in [1.165, 1.54) is 11.3 Å². The van der Waals surface area contributed by atoms with Gasteiger partial charge < -0.3 is 4.74 Å². The van der Waals surface area contributed by atoms with E-state index in [9.17, 15) is 18.4 Å². The number of aromatic nitrogens is 1. The van der Waals surface area contributed by atoms with Crippen molar-refractivity contribution >= 4 is 28.2 Å². The number of carbonyl (C=O) groups excluding carboxylic acids is 2. The number of benzene rings is 2. The van der Waals surface area contributed by atoms with Crippen molar-refractivity contribution in [1.29, 1.82) is 0 Å². The van der Waals surface area contributed by atoms with Crippen LogP contribution in [-0.4, -0.2) is 23.8 Å². The molecule has 0 spiro atoms. The summed E-state index contributed by atoms with van der Waals surface area (Å²) < 4.78 is 31.2. The highest BCUT2D eigenvalue weighted by Gasteiger charge is 2.09. The summed E-state index contributed by atoms with van der Waals surface area (Å²) in [6.07, 6.45) is 2.00. The van der Waals surface area contributed by atoms with Gasteiger partial charge in [0.05, 0.1) is 12.8 Å². The predicted octanol–water partition coefficient (Wildman–Crippen LogP) is 4.47. The Morgan fingerprint density at radius 3 is 2.50 bits per heavy atom. The van der Waals surface area contributed by atoms with Gasteiger partial charge in [0.1, 0.15) is 5.75 Å². The minimum absolute atomic E-state index is 0.0565. The van der Waals surface area contributed by atoms with Crippen LogP contribution in [0.5, 0.6) is 5.75 Å². The third kappa shape index (κ3) is 4.66. The number of hydrogen-bond donors (Lipinski definition) is 1. The molecule has 5 nitrogen and oxygen atoms in total. The first-order valence-electron chi connectivity index (χ1n) is 8.04. The van der Waals surface area contributed by atoms with Crippen LogP contribution in [0.1, 0.15) is 10.4 Å². The Morgan fingerprint density at radius 2 is 1.82 bits per heavy atom. The van der Waals surface area contributed by atoms with Crippen molar-refractivity contribution in [3.05, 3.63) is 77.2 Å². The maximum Gasteiger partial charge on any atom is 0.250 e. The molecular formula is C20H14F2N2O3S. The molecule has 0 saturated carbocycles. The SMILES string of the molecule is COc1ccc(-c2csc(NC(=O)/C=C/C(=O)c3ccc(F)c(F)c3)n2)cc1. The Bertz CT molecular complexity index is 1050. The third-order valence-corrected chi connectivity index (χ3v) is 4.47. The smallest absolute Gasteiger partial charge is 0.250 e. The lowest BCUT2D eigenvalue weighted by molar-refractivity contribution is -0.111. The molecule has 0 saturated heterocycles. The number of ether oxygens (including phenoxy) is 1. The molecule has 8 heteroatoms. The Hall–Kier alpha value is -3.39. The summed E-state index contributed by atoms with van der Waals surface area (Å²) in [5.41, 5.74) is 1.49. The minimum atomic E-state index is -1.13. The van der Waals surface area contributed by atoms with Crippen molar-refractivity contribution in [2.45, 2.75) is 0 Å². The van der Waals surface area contributed by atoms with E-state index in [0.717, 1.165) is 41.7 Å². The fourth-order valence-electron chi connectivity index (χ4n) is 2.27. The maximum absolute atomic E-state index is 13.2. The summed E-state index contributed by atoms with van der Waals surface area (Å²) in [5.74, 6) is -2.63. The second kappa shape index (κ2) is 8.53. The average molecular weight is 400 g/mol. The number of ketones is 1. The predicted molar refractivity (Wildman–Crippen MR) is 103 cm³/mol. The molecule has 1 amide bonds. The van der Waals surface area contributed by atoms with Crippen LogP contribution in [-0.2, 0) is 4.79 Å². The quantitative estimate of drug-likeness (QED) is 0.490. The van der Waals surface area contributed by atoms with E-state index >= 15 is 0 Å². The summed E-state index contributed by atoms with van der Waals surface area (Å²) in [6, 6.07) is 10.1. The van der Waals surface area contributed by atoms with Gasteiger partial charge in [0, 0.05) is 22.6 Å². The molecule has 0 unspecified atom stereocenters. The highest BCUT2D eigenvalue weighted by Crippen LogP contribution is 2.26. The molecule has 1 aromatic heterocycles. The average Bonchev–Trinajstić information content (AvgIpc) is 3.16. The van der Waals surface area contributed by atoms with Crippen molar-refractivity contribution in [2.75, 3.05) is 12.4 Å². The standard InChI is InChI=1S/C20H14F2N2O3S/c1-27-14-5-2-12(3-6-14)17-11-28-20(23-17)24-19(26)9-8-18(25)13-4-7-15(21)16(22)10-13/h2-11H,1H3,(H,23,24,26)/b9-8+. The molecule has 28 heavy (non-hydrogen) atoms. The van der Waals surface area contributed by atoms with E-state index < -0.39 is 23.3 Å². The summed E-state index contributed by atoms with van der Waals surface area (Å²) >= 11 is 1.23. The minimum Gasteiger partial charge on any atom is -0.497 e. The Morgan fingerprint density at radius 1 is 1.07 bits per heavy atom. The number of rotatable bonds is 6. The van der Waals surface area contributed by atoms with Gasteiger partial charge >= 0.3 is 0 Å². The Labute approximate surface area is 163 Å². The van der Waals surface area contributed by atoms with Crippen LogP contribution in [0.4, 0.5) is 13.9 Å². The van der Waals surface area contributed by atoms with E-state index in [2.05, 4.69) is 10.3 Å². The lowest BCUT2D eigenvalue weighted by atomic mass is 10.1. The summed E-state index contributed by atoms with van der Waals surface area (Å²) in [5, 5.41) is 4.70. The largest absolute Gasteiger partial charge is 0.497 e. The molecular weight excluding hydrogens is 386 g/mol. The van der Waals surface area contributed by atoms with Gasteiger partial charge in [0.15, 0.2) is 22.5 Å². The van der Waals surface area contributed by atoms with Crippen LogP contribution in [0.3, 0.4) is 0 Å². The third-order valence-electron chi connectivity index (χ3n) is 3.71. The van der Waals surface area contributed by atoms with E-state index in [-0.39, 0.29) is 5.56 Å². The summed E-state index contributed by atoms with van der Waals surface area (Å²) in [4.78, 5) is 28.2. The van der Waals surface area contributed by atoms with Crippen LogP contribution >= 0.6 is 11.3 Å². The molecule has 0 aliphatic carbocycles. The molecule has 0 radical (unpaired) electrons. The van der Waals surface area contributed by atoms with Gasteiger partial charge in [-0.1, -0.05) is 0 Å². The van der Waals surface area contributed by atoms with Crippen LogP contribution in [0, 0.1) is 11.6 Å². The zero-order valence-corrected chi connectivity index (χ0v) is 15.4. The van der Waals surface area contributed by atoms with E-state index in [1.807, 2.05) is 12.1 Å². The molecule has 0 bridgehead atoms. The topological polar surface area (TPSA) is 68.3 Å². The van der Waals surface area contributed by atoms with Crippen LogP contribution in [0.2, 0.25) is 0 Å². The van der Waals surface area contributed by atoms with Gasteiger partial charge in [-0.05, 0) is 48.5 Å². The van der Waals surface area contributed by atoms with Gasteiger partial charge in [-0.2, -0.15) is 0 Å². The fraction of sp³-hybridized carbons (Fsp3) is 0.0500. The van der Waals surface area contributed by atoms with Gasteiger partial charge in [-0.3, -0.25) is 14.9 Å². The lowest BCUT2D eigenvalue weighted by Crippen LogP contribution is -2.08. The lowest BCUT2D eigenvalue weighted by Gasteiger charge is -2.00. The fourth-order valence-corrected chi connectivity index (χ4v) is 2.99. The maximum atomic E-state index is 13.2. The Kier molecular flexibility index (Phi) is 5.90. The highest BCUT2D eigenvalue weighted by molar-refractivity contribution is 7.14. The molecule has 1 heterocycles. The number of thiazole rings is 1. The number of methoxy groups -OCH3 is 1. The van der Waals surface area contributed by atoms with Crippen LogP contribution in [0.25, 0.3) is 11.3 Å². The molecule has 2 aromatic carbocycles. The first kappa shape index (κ1) is 19.4. The zero-order chi connectivity index (χ0) is 20.1. The first-order valence-corrected chi connectivity index (χ1v) is 8.92. The number of carbonyl (C=O) groups is 2. The normalized spacial score (nSPS) is 10.8. The monoisotopic (exact) mass is 400 g/mol. The van der Waals surface area contributed by atoms with Gasteiger partial charge in [-0.15, -0.1) is 11.3 Å². The van der Waals surface area contributed by atoms with Crippen LogP contribution in [0.15, 0.2) is 60.0 Å². The van der Waals surface area contributed by atoms with Crippen LogP contribution < -0.4 is 10.1 Å². The summed E-state index contributed by atoms with van der Waals surface area (Å²) in [6.45, 7) is 0. The number of hydrogen-bond acceptors (Lipinski definition) is 5. The second-order valence-electron chi connectivity index (χ2n) is 5.58. The molecule has 3 rings (SSSR count). The number of amides is 1.